The van der Waals surface area contributed by atoms with E-state index in [0.717, 1.165) is 9.13 Å². The molecule has 0 heterocycles. The predicted molar refractivity (Wildman–Crippen MR) is 53.7 cm³/mol. The molecule has 0 aliphatic heterocycles. The van der Waals surface area contributed by atoms with Gasteiger partial charge in [-0.05, 0) is 41.0 Å². The lowest BCUT2D eigenvalue weighted by atomic mass is 9.80. The van der Waals surface area contributed by atoms with E-state index in [-0.39, 0.29) is 0 Å². The maximum absolute atomic E-state index is 8.88. The van der Waals surface area contributed by atoms with Crippen LogP contribution in [0.4, 0.5) is 0 Å². The largest absolute Gasteiger partial charge is 0.489 e. The first-order chi connectivity index (χ1) is 5.11. The maximum atomic E-state index is 8.88. The van der Waals surface area contributed by atoms with Gasteiger partial charge in [-0.2, -0.15) is 0 Å². The second-order valence-corrected chi connectivity index (χ2v) is 3.56. The molecule has 0 fully saturated rings. The summed E-state index contributed by atoms with van der Waals surface area (Å²) in [6, 6.07) is 5.57. The van der Waals surface area contributed by atoms with Crippen molar-refractivity contribution in [1.82, 2.24) is 0 Å². The minimum atomic E-state index is -1.36. The molecule has 0 unspecified atom stereocenters. The van der Waals surface area contributed by atoms with Gasteiger partial charge in [0.15, 0.2) is 0 Å². The van der Waals surface area contributed by atoms with Crippen LogP contribution in [0.1, 0.15) is 5.56 Å². The fourth-order valence-electron chi connectivity index (χ4n) is 0.861. The van der Waals surface area contributed by atoms with Gasteiger partial charge in [0.05, 0.1) is 0 Å². The first-order valence-corrected chi connectivity index (χ1v) is 4.31. The van der Waals surface area contributed by atoms with E-state index in [1.807, 2.05) is 19.1 Å². The van der Waals surface area contributed by atoms with Crippen LogP contribution in [-0.2, 0) is 0 Å². The average Bonchev–Trinajstić information content (AvgIpc) is 1.94. The molecule has 0 atom stereocenters. The van der Waals surface area contributed by atoms with E-state index in [9.17, 15) is 0 Å². The van der Waals surface area contributed by atoms with E-state index in [2.05, 4.69) is 22.6 Å². The second kappa shape index (κ2) is 3.56. The first-order valence-electron chi connectivity index (χ1n) is 3.23. The van der Waals surface area contributed by atoms with Crippen molar-refractivity contribution < 1.29 is 10.0 Å². The lowest BCUT2D eigenvalue weighted by molar-refractivity contribution is 0.425. The van der Waals surface area contributed by atoms with Crippen molar-refractivity contribution >= 4 is 35.2 Å². The van der Waals surface area contributed by atoms with Gasteiger partial charge in [0.25, 0.3) is 0 Å². The van der Waals surface area contributed by atoms with Gasteiger partial charge >= 0.3 is 7.12 Å². The lowest BCUT2D eigenvalue weighted by Crippen LogP contribution is -2.32. The van der Waals surface area contributed by atoms with Crippen molar-refractivity contribution in [2.75, 3.05) is 0 Å². The van der Waals surface area contributed by atoms with Crippen molar-refractivity contribution in [3.8, 4) is 0 Å². The number of rotatable bonds is 1. The topological polar surface area (TPSA) is 40.5 Å². The summed E-state index contributed by atoms with van der Waals surface area (Å²) in [4.78, 5) is 0. The summed E-state index contributed by atoms with van der Waals surface area (Å²) in [7, 11) is -1.36. The van der Waals surface area contributed by atoms with Crippen LogP contribution in [0.15, 0.2) is 18.2 Å². The molecule has 11 heavy (non-hydrogen) atoms. The highest BCUT2D eigenvalue weighted by Gasteiger charge is 2.13. The highest BCUT2D eigenvalue weighted by atomic mass is 127. The minimum Gasteiger partial charge on any atom is -0.423 e. The molecule has 2 nitrogen and oxygen atoms in total. The van der Waals surface area contributed by atoms with Gasteiger partial charge in [-0.15, -0.1) is 0 Å². The van der Waals surface area contributed by atoms with Crippen LogP contribution in [0.2, 0.25) is 0 Å². The number of halogens is 1. The predicted octanol–water partition coefficient (Wildman–Crippen LogP) is 0.279. The van der Waals surface area contributed by atoms with Crippen molar-refractivity contribution in [3.05, 3.63) is 27.3 Å². The van der Waals surface area contributed by atoms with E-state index in [1.165, 1.54) is 0 Å². The van der Waals surface area contributed by atoms with E-state index in [0.29, 0.717) is 5.46 Å². The molecule has 0 spiro atoms. The van der Waals surface area contributed by atoms with Gasteiger partial charge in [-0.3, -0.25) is 0 Å². The first kappa shape index (κ1) is 9.03. The quantitative estimate of drug-likeness (QED) is 0.563. The molecule has 1 aromatic rings. The fourth-order valence-corrected chi connectivity index (χ4v) is 1.48. The second-order valence-electron chi connectivity index (χ2n) is 2.40. The van der Waals surface area contributed by atoms with E-state index >= 15 is 0 Å². The summed E-state index contributed by atoms with van der Waals surface area (Å²) in [5, 5.41) is 17.8. The van der Waals surface area contributed by atoms with Gasteiger partial charge in [0.2, 0.25) is 0 Å². The highest BCUT2D eigenvalue weighted by molar-refractivity contribution is 14.1. The van der Waals surface area contributed by atoms with Crippen LogP contribution in [0, 0.1) is 10.5 Å². The van der Waals surface area contributed by atoms with Crippen LogP contribution in [0.25, 0.3) is 0 Å². The van der Waals surface area contributed by atoms with E-state index < -0.39 is 7.12 Å². The zero-order valence-corrected chi connectivity index (χ0v) is 8.24. The van der Waals surface area contributed by atoms with Gasteiger partial charge in [-0.1, -0.05) is 17.7 Å². The summed E-state index contributed by atoms with van der Waals surface area (Å²) in [5.74, 6) is 0. The number of benzene rings is 1. The molecule has 0 saturated carbocycles. The molecule has 1 rings (SSSR count). The van der Waals surface area contributed by atoms with Gasteiger partial charge in [-0.25, -0.2) is 0 Å². The Morgan fingerprint density at radius 1 is 1.36 bits per heavy atom. The molecule has 2 N–H and O–H groups in total. The van der Waals surface area contributed by atoms with Crippen molar-refractivity contribution in [2.45, 2.75) is 6.92 Å². The lowest BCUT2D eigenvalue weighted by Gasteiger charge is -2.03. The zero-order valence-electron chi connectivity index (χ0n) is 6.08. The van der Waals surface area contributed by atoms with Crippen LogP contribution >= 0.6 is 22.6 Å². The molecule has 0 bridgehead atoms. The van der Waals surface area contributed by atoms with Gasteiger partial charge < -0.3 is 10.0 Å². The fraction of sp³-hybridized carbons (Fsp3) is 0.143. The Morgan fingerprint density at radius 2 is 2.00 bits per heavy atom. The summed E-state index contributed by atoms with van der Waals surface area (Å²) < 4.78 is 0.878. The third kappa shape index (κ3) is 2.18. The Morgan fingerprint density at radius 3 is 2.45 bits per heavy atom. The van der Waals surface area contributed by atoms with Crippen molar-refractivity contribution in [2.24, 2.45) is 0 Å². The van der Waals surface area contributed by atoms with Gasteiger partial charge in [0.1, 0.15) is 0 Å². The molecular weight excluding hydrogens is 254 g/mol. The SMILES string of the molecule is Cc1ccc(I)c(B(O)O)c1. The molecule has 0 amide bonds. The van der Waals surface area contributed by atoms with Crippen LogP contribution in [-0.4, -0.2) is 17.2 Å². The Bertz CT molecular complexity index is 263. The molecule has 58 valence electrons. The summed E-state index contributed by atoms with van der Waals surface area (Å²) in [6.07, 6.45) is 0. The number of hydrogen-bond acceptors (Lipinski definition) is 2. The third-order valence-corrected chi connectivity index (χ3v) is 2.41. The molecule has 0 radical (unpaired) electrons. The molecule has 0 aliphatic rings. The van der Waals surface area contributed by atoms with Crippen LogP contribution in [0.5, 0.6) is 0 Å². The molecule has 4 heteroatoms. The molecule has 0 saturated heterocycles. The van der Waals surface area contributed by atoms with Crippen LogP contribution in [0.3, 0.4) is 0 Å². The monoisotopic (exact) mass is 262 g/mol. The Labute approximate surface area is 79.5 Å². The third-order valence-electron chi connectivity index (χ3n) is 1.43. The van der Waals surface area contributed by atoms with Crippen molar-refractivity contribution in [1.29, 1.82) is 0 Å². The Balaban J connectivity index is 3.13. The molecule has 1 aromatic carbocycles. The number of aryl methyl sites for hydroxylation is 1. The highest BCUT2D eigenvalue weighted by Crippen LogP contribution is 2.03. The normalized spacial score (nSPS) is 9.82. The smallest absolute Gasteiger partial charge is 0.423 e. The van der Waals surface area contributed by atoms with E-state index in [4.69, 9.17) is 10.0 Å². The molecule has 0 aliphatic carbocycles. The standard InChI is InChI=1S/C7H8BIO2/c1-5-2-3-7(9)6(4-5)8(10)11/h2-4,10-11H,1H3. The maximum Gasteiger partial charge on any atom is 0.489 e. The minimum absolute atomic E-state index is 0.575. The molecular formula is C7H8BIO2. The van der Waals surface area contributed by atoms with Gasteiger partial charge in [0, 0.05) is 3.57 Å². The average molecular weight is 262 g/mol. The zero-order chi connectivity index (χ0) is 8.43. The molecule has 0 aromatic heterocycles. The summed E-state index contributed by atoms with van der Waals surface area (Å²) >= 11 is 2.07. The Hall–Kier alpha value is -0.0651. The number of hydrogen-bond donors (Lipinski definition) is 2. The summed E-state index contributed by atoms with van der Waals surface area (Å²) in [6.45, 7) is 1.92. The van der Waals surface area contributed by atoms with Crippen molar-refractivity contribution in [3.63, 3.8) is 0 Å². The van der Waals surface area contributed by atoms with E-state index in [1.54, 1.807) is 6.07 Å². The Kier molecular flexibility index (Phi) is 2.92. The summed E-state index contributed by atoms with van der Waals surface area (Å²) in [5.41, 5.74) is 1.61. The van der Waals surface area contributed by atoms with Crippen LogP contribution < -0.4 is 5.46 Å².